The smallest absolute Gasteiger partial charge is 0.323 e. The maximum Gasteiger partial charge on any atom is 0.323 e. The summed E-state index contributed by atoms with van der Waals surface area (Å²) in [4.78, 5) is 22.5. The summed E-state index contributed by atoms with van der Waals surface area (Å²) in [7, 11) is -4.05. The molecule has 2 aliphatic rings. The lowest BCUT2D eigenvalue weighted by atomic mass is 9.88. The zero-order valence-corrected chi connectivity index (χ0v) is 25.5. The third-order valence-corrected chi connectivity index (χ3v) is 9.34. The molecule has 1 atom stereocenters. The summed E-state index contributed by atoms with van der Waals surface area (Å²) in [6.07, 6.45) is 1.83. The van der Waals surface area contributed by atoms with Crippen molar-refractivity contribution >= 4 is 21.7 Å². The van der Waals surface area contributed by atoms with Crippen LogP contribution < -0.4 is 10.0 Å². The predicted octanol–water partition coefficient (Wildman–Crippen LogP) is 5.92. The first-order chi connectivity index (χ1) is 20.6. The van der Waals surface area contributed by atoms with Crippen LogP contribution in [0.15, 0.2) is 88.3 Å². The fourth-order valence-corrected chi connectivity index (χ4v) is 7.23. The highest BCUT2D eigenvalue weighted by atomic mass is 32.2. The van der Waals surface area contributed by atoms with Crippen LogP contribution in [0.5, 0.6) is 0 Å². The summed E-state index contributed by atoms with van der Waals surface area (Å²) < 4.78 is 34.4. The maximum atomic E-state index is 13.2. The number of carbonyl (C=O) groups is 1. The molecule has 0 aromatic heterocycles. The molecule has 0 saturated heterocycles. The van der Waals surface area contributed by atoms with E-state index in [9.17, 15) is 18.3 Å². The number of hydrogen-bond acceptors (Lipinski definition) is 7. The van der Waals surface area contributed by atoms with Gasteiger partial charge in [0.2, 0.25) is 10.0 Å². The number of carboxylic acids is 1. The number of nitrogens with one attached hydrogen (secondary N) is 2. The van der Waals surface area contributed by atoms with Crippen molar-refractivity contribution in [1.82, 2.24) is 4.72 Å². The largest absolute Gasteiger partial charge is 0.480 e. The summed E-state index contributed by atoms with van der Waals surface area (Å²) in [5.74, 6) is -0.804. The van der Waals surface area contributed by atoms with Gasteiger partial charge in [-0.25, -0.2) is 8.42 Å². The molecule has 3 aromatic rings. The van der Waals surface area contributed by atoms with Crippen molar-refractivity contribution in [2.45, 2.75) is 57.9 Å². The van der Waals surface area contributed by atoms with Gasteiger partial charge in [0.15, 0.2) is 0 Å². The van der Waals surface area contributed by atoms with E-state index in [1.165, 1.54) is 0 Å². The Morgan fingerprint density at radius 1 is 0.977 bits per heavy atom. The summed E-state index contributed by atoms with van der Waals surface area (Å²) in [6, 6.07) is 17.8. The van der Waals surface area contributed by atoms with Gasteiger partial charge in [-0.2, -0.15) is 9.61 Å². The van der Waals surface area contributed by atoms with E-state index in [-0.39, 0.29) is 11.3 Å². The molecule has 1 aliphatic heterocycles. The number of allylic oxidation sites excluding steroid dienone is 1. The summed E-state index contributed by atoms with van der Waals surface area (Å²) in [5.41, 5.74) is 8.87. The van der Waals surface area contributed by atoms with E-state index in [1.807, 2.05) is 56.3 Å². The second-order valence-electron chi connectivity index (χ2n) is 10.8. The van der Waals surface area contributed by atoms with Crippen LogP contribution in [0, 0.1) is 20.8 Å². The number of benzene rings is 3. The van der Waals surface area contributed by atoms with E-state index < -0.39 is 22.0 Å². The Morgan fingerprint density at radius 3 is 2.33 bits per heavy atom. The molecule has 226 valence electrons. The molecule has 0 radical (unpaired) electrons. The highest BCUT2D eigenvalue weighted by molar-refractivity contribution is 7.89. The van der Waals surface area contributed by atoms with Gasteiger partial charge in [0, 0.05) is 11.4 Å². The third-order valence-electron chi connectivity index (χ3n) is 7.57. The molecular formula is C33H36N2O7S. The van der Waals surface area contributed by atoms with E-state index in [0.29, 0.717) is 35.8 Å². The molecule has 3 aromatic carbocycles. The molecule has 0 saturated carbocycles. The monoisotopic (exact) mass is 604 g/mol. The van der Waals surface area contributed by atoms with Gasteiger partial charge in [0.25, 0.3) is 0 Å². The molecule has 0 amide bonds. The van der Waals surface area contributed by atoms with Crippen molar-refractivity contribution in [3.63, 3.8) is 0 Å². The lowest BCUT2D eigenvalue weighted by Crippen LogP contribution is -2.42. The van der Waals surface area contributed by atoms with Crippen molar-refractivity contribution in [1.29, 1.82) is 0 Å². The Kier molecular flexibility index (Phi) is 8.91. The minimum Gasteiger partial charge on any atom is -0.480 e. The van der Waals surface area contributed by atoms with Crippen LogP contribution >= 0.6 is 0 Å². The second kappa shape index (κ2) is 12.6. The number of rotatable bonds is 12. The van der Waals surface area contributed by atoms with Crippen LogP contribution in [0.2, 0.25) is 0 Å². The van der Waals surface area contributed by atoms with Crippen molar-refractivity contribution in [3.8, 4) is 11.1 Å². The number of aliphatic carboxylic acids is 1. The number of hydrogen-bond donors (Lipinski definition) is 3. The first-order valence-electron chi connectivity index (χ1n) is 14.2. The molecule has 9 nitrogen and oxygen atoms in total. The number of ether oxygens (including phenoxy) is 1. The Labute approximate surface area is 252 Å². The van der Waals surface area contributed by atoms with Crippen LogP contribution in [-0.4, -0.2) is 38.7 Å². The van der Waals surface area contributed by atoms with E-state index in [1.54, 1.807) is 26.0 Å². The highest BCUT2D eigenvalue weighted by Gasteiger charge is 2.30. The van der Waals surface area contributed by atoms with Gasteiger partial charge in [-0.1, -0.05) is 54.1 Å². The topological polar surface area (TPSA) is 123 Å². The van der Waals surface area contributed by atoms with Crippen LogP contribution in [0.4, 0.5) is 5.69 Å². The number of carboxylic acid groups (broad SMARTS) is 1. The molecule has 0 unspecified atom stereocenters. The number of aryl methyl sites for hydroxylation is 3. The Bertz CT molecular complexity index is 1690. The van der Waals surface area contributed by atoms with Crippen molar-refractivity contribution in [3.05, 3.63) is 106 Å². The normalized spacial score (nSPS) is 15.6. The van der Waals surface area contributed by atoms with Gasteiger partial charge in [-0.3, -0.25) is 9.68 Å². The molecule has 0 bridgehead atoms. The average molecular weight is 605 g/mol. The van der Waals surface area contributed by atoms with Crippen molar-refractivity contribution in [2.75, 3.05) is 18.5 Å². The Balaban J connectivity index is 1.29. The molecule has 0 spiro atoms. The first-order valence-corrected chi connectivity index (χ1v) is 15.7. The maximum absolute atomic E-state index is 13.2. The van der Waals surface area contributed by atoms with Gasteiger partial charge >= 0.3 is 11.9 Å². The standard InChI is InChI=1S/C33H36N2O7S/c1-5-40-33-28(19-41-42-33)27-13-14-29(27)34-26-8-6-7-25(18-26)24-11-9-23(10-12-24)17-30(32(36)37)35-43(38,39)31-21(3)15-20(2)16-22(31)4/h6-12,15-16,18,30,34-35H,5,13-14,17,19H2,1-4H3,(H,36,37)/t30-/m0/s1. The minimum atomic E-state index is -4.05. The van der Waals surface area contributed by atoms with Gasteiger partial charge in [0.05, 0.1) is 17.1 Å². The average Bonchev–Trinajstić information content (AvgIpc) is 3.37. The minimum absolute atomic E-state index is 0.00431. The van der Waals surface area contributed by atoms with Crippen molar-refractivity contribution in [2.24, 2.45) is 0 Å². The van der Waals surface area contributed by atoms with Crippen LogP contribution in [0.3, 0.4) is 0 Å². The van der Waals surface area contributed by atoms with Crippen LogP contribution in [-0.2, 0) is 35.8 Å². The molecular weight excluding hydrogens is 568 g/mol. The van der Waals surface area contributed by atoms with Gasteiger partial charge in [0.1, 0.15) is 12.6 Å². The van der Waals surface area contributed by atoms with E-state index in [2.05, 4.69) is 16.1 Å². The van der Waals surface area contributed by atoms with Crippen molar-refractivity contribution < 1.29 is 32.8 Å². The van der Waals surface area contributed by atoms with Gasteiger partial charge in [-0.15, -0.1) is 0 Å². The van der Waals surface area contributed by atoms with Crippen LogP contribution in [0.25, 0.3) is 11.1 Å². The number of anilines is 1. The SMILES string of the molecule is CCOC1=C(C2=C(Nc3cccc(-c4ccc(C[C@H](NS(=O)(=O)c5c(C)cc(C)cc5C)C(=O)O)cc4)c3)CC2)COO1. The molecule has 43 heavy (non-hydrogen) atoms. The van der Waals surface area contributed by atoms with E-state index >= 15 is 0 Å². The number of sulfonamides is 1. The lowest BCUT2D eigenvalue weighted by Gasteiger charge is -2.25. The molecule has 1 aliphatic carbocycles. The molecule has 5 rings (SSSR count). The fourth-order valence-electron chi connectivity index (χ4n) is 5.59. The lowest BCUT2D eigenvalue weighted by molar-refractivity contribution is -0.263. The highest BCUT2D eigenvalue weighted by Crippen LogP contribution is 2.38. The molecule has 0 fully saturated rings. The second-order valence-corrected chi connectivity index (χ2v) is 12.5. The summed E-state index contributed by atoms with van der Waals surface area (Å²) in [5, 5.41) is 13.4. The molecule has 10 heteroatoms. The molecule has 1 heterocycles. The Morgan fingerprint density at radius 2 is 1.70 bits per heavy atom. The first kappa shape index (κ1) is 30.3. The fraction of sp³-hybridized carbons (Fsp3) is 0.303. The Hall–Kier alpha value is -4.12. The predicted molar refractivity (Wildman–Crippen MR) is 164 cm³/mol. The van der Waals surface area contributed by atoms with E-state index in [4.69, 9.17) is 14.5 Å². The summed E-state index contributed by atoms with van der Waals surface area (Å²) >= 11 is 0. The quantitative estimate of drug-likeness (QED) is 0.218. The third kappa shape index (κ3) is 6.77. The van der Waals surface area contributed by atoms with Gasteiger partial charge in [-0.05, 0) is 92.5 Å². The zero-order chi connectivity index (χ0) is 30.7. The molecule has 3 N–H and O–H groups in total. The summed E-state index contributed by atoms with van der Waals surface area (Å²) in [6.45, 7) is 8.08. The van der Waals surface area contributed by atoms with E-state index in [0.717, 1.165) is 52.1 Å². The van der Waals surface area contributed by atoms with Gasteiger partial charge < -0.3 is 15.2 Å². The zero-order valence-electron chi connectivity index (χ0n) is 24.7. The van der Waals surface area contributed by atoms with Crippen LogP contribution in [0.1, 0.15) is 42.0 Å².